The van der Waals surface area contributed by atoms with E-state index in [-0.39, 0.29) is 28.8 Å². The van der Waals surface area contributed by atoms with Crippen LogP contribution in [-0.2, 0) is 15.7 Å². The van der Waals surface area contributed by atoms with Gasteiger partial charge in [0.2, 0.25) is 11.7 Å². The number of piperidine rings is 1. The smallest absolute Gasteiger partial charge is 0.444 e. The van der Waals surface area contributed by atoms with Crippen LogP contribution < -0.4 is 4.90 Å². The number of fused-ring (bicyclic) bond motifs is 1. The van der Waals surface area contributed by atoms with Gasteiger partial charge in [-0.25, -0.2) is 19.2 Å². The topological polar surface area (TPSA) is 88.5 Å². The Labute approximate surface area is 192 Å². The Balaban J connectivity index is 1.58. The van der Waals surface area contributed by atoms with Gasteiger partial charge in [-0.2, -0.15) is 13.2 Å². The van der Waals surface area contributed by atoms with E-state index in [4.69, 9.17) is 4.74 Å². The molecule has 0 N–H and O–H groups in total. The van der Waals surface area contributed by atoms with Crippen molar-refractivity contribution in [1.82, 2.24) is 19.9 Å². The van der Waals surface area contributed by atoms with E-state index in [1.165, 1.54) is 18.0 Å². The highest BCUT2D eigenvalue weighted by Gasteiger charge is 2.58. The van der Waals surface area contributed by atoms with Gasteiger partial charge in [0.15, 0.2) is 5.82 Å². The molecule has 3 heterocycles. The van der Waals surface area contributed by atoms with Crippen LogP contribution in [0.5, 0.6) is 0 Å². The molecule has 0 bridgehead atoms. The summed E-state index contributed by atoms with van der Waals surface area (Å²) in [5.74, 6) is -2.45. The molecule has 2 aromatic rings. The van der Waals surface area contributed by atoms with Gasteiger partial charge in [0.25, 0.3) is 0 Å². The van der Waals surface area contributed by atoms with E-state index in [0.717, 1.165) is 29.9 Å². The average molecular weight is 481 g/mol. The third-order valence-electron chi connectivity index (χ3n) is 5.76. The second-order valence-electron chi connectivity index (χ2n) is 9.45. The Bertz CT molecular complexity index is 1120. The Morgan fingerprint density at radius 2 is 1.76 bits per heavy atom. The normalized spacial score (nSPS) is 21.8. The van der Waals surface area contributed by atoms with Crippen LogP contribution in [0.4, 0.5) is 28.0 Å². The minimum atomic E-state index is -4.70. The van der Waals surface area contributed by atoms with Crippen molar-refractivity contribution >= 4 is 17.7 Å². The summed E-state index contributed by atoms with van der Waals surface area (Å²) in [6.45, 7) is 5.56. The Kier molecular flexibility index (Phi) is 5.73. The molecular weight excluding hydrogens is 458 g/mol. The summed E-state index contributed by atoms with van der Waals surface area (Å²) in [6, 6.07) is 0.436. The first-order valence-electron chi connectivity index (χ1n) is 10.6. The van der Waals surface area contributed by atoms with Gasteiger partial charge in [-0.3, -0.25) is 14.7 Å². The Morgan fingerprint density at radius 3 is 2.35 bits per heavy atom. The number of nitrogens with zero attached hydrogens (tertiary/aromatic N) is 5. The van der Waals surface area contributed by atoms with E-state index >= 15 is 0 Å². The molecule has 0 radical (unpaired) electrons. The predicted octanol–water partition coefficient (Wildman–Crippen LogP) is 3.91. The van der Waals surface area contributed by atoms with Crippen molar-refractivity contribution < 1.29 is 31.9 Å². The molecule has 1 saturated heterocycles. The molecule has 3 atom stereocenters. The van der Waals surface area contributed by atoms with Gasteiger partial charge < -0.3 is 9.64 Å². The fraction of sp³-hybridized carbons (Fsp3) is 0.500. The molecule has 2 aliphatic rings. The maximum absolute atomic E-state index is 14.6. The van der Waals surface area contributed by atoms with Gasteiger partial charge in [0.05, 0.1) is 17.6 Å². The van der Waals surface area contributed by atoms with E-state index in [9.17, 15) is 27.2 Å². The highest BCUT2D eigenvalue weighted by Crippen LogP contribution is 2.50. The number of halogens is 4. The van der Waals surface area contributed by atoms with Crippen molar-refractivity contribution in [3.8, 4) is 11.3 Å². The van der Waals surface area contributed by atoms with Crippen molar-refractivity contribution in [2.24, 2.45) is 11.8 Å². The summed E-state index contributed by atoms with van der Waals surface area (Å²) in [4.78, 5) is 39.0. The molecule has 3 unspecified atom stereocenters. The summed E-state index contributed by atoms with van der Waals surface area (Å²) in [5.41, 5.74) is -0.666. The monoisotopic (exact) mass is 481 g/mol. The molecule has 34 heavy (non-hydrogen) atoms. The van der Waals surface area contributed by atoms with Gasteiger partial charge in [0, 0.05) is 31.5 Å². The first-order valence-corrected chi connectivity index (χ1v) is 10.6. The minimum Gasteiger partial charge on any atom is -0.444 e. The lowest BCUT2D eigenvalue weighted by Crippen LogP contribution is -2.50. The first kappa shape index (κ1) is 23.8. The lowest BCUT2D eigenvalue weighted by molar-refractivity contribution is -0.145. The molecule has 2 aromatic heterocycles. The van der Waals surface area contributed by atoms with E-state index in [2.05, 4.69) is 15.0 Å². The Hall–Kier alpha value is -3.31. The third-order valence-corrected chi connectivity index (χ3v) is 5.76. The maximum atomic E-state index is 14.6. The first-order chi connectivity index (χ1) is 15.8. The third kappa shape index (κ3) is 4.66. The fourth-order valence-electron chi connectivity index (χ4n) is 4.06. The number of likely N-dealkylation sites (tertiary alicyclic amines) is 1. The van der Waals surface area contributed by atoms with Crippen molar-refractivity contribution in [3.05, 3.63) is 36.3 Å². The van der Waals surface area contributed by atoms with Gasteiger partial charge in [0.1, 0.15) is 11.6 Å². The number of carbonyl (C=O) groups excluding carboxylic acids is 2. The maximum Gasteiger partial charge on any atom is 0.451 e. The lowest BCUT2D eigenvalue weighted by Gasteiger charge is -2.32. The molecular formula is C22H23F4N5O3. The summed E-state index contributed by atoms with van der Waals surface area (Å²) in [5, 5.41) is 0. The SMILES string of the molecule is CN(C(=O)C1C2CC2CN1C(=O)OC(C)(C)C)c1cc(-c2cnc(C(F)(F)F)nc2)ncc1F. The number of likely N-dealkylation sites (N-methyl/N-ethyl adjacent to an activating group) is 1. The molecule has 0 aromatic carbocycles. The lowest BCUT2D eigenvalue weighted by atomic mass is 10.1. The van der Waals surface area contributed by atoms with Crippen LogP contribution in [-0.4, -0.2) is 57.1 Å². The number of carbonyl (C=O) groups is 2. The number of alkyl halides is 3. The number of ether oxygens (including phenoxy) is 1. The number of aromatic nitrogens is 3. The second kappa shape index (κ2) is 8.17. The second-order valence-corrected chi connectivity index (χ2v) is 9.45. The predicted molar refractivity (Wildman–Crippen MR) is 112 cm³/mol. The molecule has 4 rings (SSSR count). The highest BCUT2D eigenvalue weighted by atomic mass is 19.4. The highest BCUT2D eigenvalue weighted by molar-refractivity contribution is 5.99. The zero-order chi connectivity index (χ0) is 25.0. The molecule has 0 spiro atoms. The number of rotatable bonds is 3. The van der Waals surface area contributed by atoms with Crippen molar-refractivity contribution in [3.63, 3.8) is 0 Å². The zero-order valence-electron chi connectivity index (χ0n) is 18.9. The van der Waals surface area contributed by atoms with Crippen LogP contribution in [0, 0.1) is 17.7 Å². The summed E-state index contributed by atoms with van der Waals surface area (Å²) < 4.78 is 58.3. The number of hydrogen-bond donors (Lipinski definition) is 0. The number of anilines is 1. The molecule has 1 aliphatic carbocycles. The molecule has 2 fully saturated rings. The van der Waals surface area contributed by atoms with Crippen LogP contribution in [0.15, 0.2) is 24.7 Å². The fourth-order valence-corrected chi connectivity index (χ4v) is 4.06. The summed E-state index contributed by atoms with van der Waals surface area (Å²) in [6.07, 6.45) is -1.79. The van der Waals surface area contributed by atoms with Gasteiger partial charge in [-0.1, -0.05) is 0 Å². The van der Waals surface area contributed by atoms with E-state index in [0.29, 0.717) is 6.54 Å². The summed E-state index contributed by atoms with van der Waals surface area (Å²) >= 11 is 0. The van der Waals surface area contributed by atoms with E-state index < -0.39 is 41.5 Å². The Morgan fingerprint density at radius 1 is 1.12 bits per heavy atom. The van der Waals surface area contributed by atoms with Gasteiger partial charge in [-0.05, 0) is 45.1 Å². The average Bonchev–Trinajstić information content (AvgIpc) is 3.41. The minimum absolute atomic E-state index is 0.0323. The van der Waals surface area contributed by atoms with E-state index in [1.807, 2.05) is 0 Å². The standard InChI is InChI=1S/C22H23F4N5O3/c1-21(2,3)34-20(33)31-10-11-5-13(11)17(31)18(32)30(4)16-6-15(27-9-14(16)23)12-7-28-19(29-8-12)22(24,25)26/h6-9,11,13,17H,5,10H2,1-4H3. The molecule has 2 amide bonds. The quantitative estimate of drug-likeness (QED) is 0.618. The number of pyridine rings is 1. The van der Waals surface area contributed by atoms with Gasteiger partial charge in [-0.15, -0.1) is 0 Å². The van der Waals surface area contributed by atoms with Crippen molar-refractivity contribution in [2.45, 2.75) is 45.0 Å². The number of hydrogen-bond acceptors (Lipinski definition) is 6. The zero-order valence-corrected chi connectivity index (χ0v) is 18.9. The van der Waals surface area contributed by atoms with Crippen molar-refractivity contribution in [1.29, 1.82) is 0 Å². The van der Waals surface area contributed by atoms with Crippen LogP contribution in [0.3, 0.4) is 0 Å². The van der Waals surface area contributed by atoms with Crippen LogP contribution in [0.2, 0.25) is 0 Å². The van der Waals surface area contributed by atoms with Crippen LogP contribution in [0.25, 0.3) is 11.3 Å². The van der Waals surface area contributed by atoms with E-state index in [1.54, 1.807) is 20.8 Å². The van der Waals surface area contributed by atoms with Crippen LogP contribution >= 0.6 is 0 Å². The van der Waals surface area contributed by atoms with Crippen molar-refractivity contribution in [2.75, 3.05) is 18.5 Å². The molecule has 8 nitrogen and oxygen atoms in total. The molecule has 1 aliphatic heterocycles. The molecule has 182 valence electrons. The molecule has 12 heteroatoms. The van der Waals surface area contributed by atoms with Gasteiger partial charge >= 0.3 is 12.3 Å². The largest absolute Gasteiger partial charge is 0.451 e. The molecule has 1 saturated carbocycles. The number of amides is 2. The summed E-state index contributed by atoms with van der Waals surface area (Å²) in [7, 11) is 1.37. The van der Waals surface area contributed by atoms with Crippen LogP contribution in [0.1, 0.15) is 33.0 Å².